The summed E-state index contributed by atoms with van der Waals surface area (Å²) in [5, 5.41) is 16.4. The third-order valence-corrected chi connectivity index (χ3v) is 5.12. The number of rotatable bonds is 6. The molecule has 4 rings (SSSR count). The van der Waals surface area contributed by atoms with Crippen molar-refractivity contribution in [1.29, 1.82) is 0 Å². The molecule has 29 heavy (non-hydrogen) atoms. The van der Waals surface area contributed by atoms with Gasteiger partial charge in [-0.2, -0.15) is 0 Å². The van der Waals surface area contributed by atoms with Crippen molar-refractivity contribution >= 4 is 11.8 Å². The maximum atomic E-state index is 11.9. The van der Waals surface area contributed by atoms with Crippen LogP contribution in [0.1, 0.15) is 37.9 Å². The number of aromatic nitrogens is 4. The topological polar surface area (TPSA) is 105 Å². The summed E-state index contributed by atoms with van der Waals surface area (Å²) < 4.78 is 1.56. The van der Waals surface area contributed by atoms with Gasteiger partial charge in [-0.05, 0) is 44.4 Å². The lowest BCUT2D eigenvalue weighted by Crippen LogP contribution is -2.22. The molecule has 1 unspecified atom stereocenters. The highest BCUT2D eigenvalue weighted by atomic mass is 16.3. The van der Waals surface area contributed by atoms with E-state index in [9.17, 15) is 9.90 Å². The molecule has 1 fully saturated rings. The molecular weight excluding hydrogens is 368 g/mol. The van der Waals surface area contributed by atoms with Gasteiger partial charge in [-0.1, -0.05) is 6.07 Å². The van der Waals surface area contributed by atoms with E-state index >= 15 is 0 Å². The van der Waals surface area contributed by atoms with Crippen LogP contribution in [-0.2, 0) is 0 Å². The maximum Gasteiger partial charge on any atom is 0.255 e. The van der Waals surface area contributed by atoms with E-state index in [1.165, 1.54) is 6.07 Å². The van der Waals surface area contributed by atoms with Gasteiger partial charge in [-0.15, -0.1) is 0 Å². The van der Waals surface area contributed by atoms with Crippen molar-refractivity contribution in [1.82, 2.24) is 19.5 Å². The van der Waals surface area contributed by atoms with E-state index in [4.69, 9.17) is 0 Å². The van der Waals surface area contributed by atoms with E-state index in [0.717, 1.165) is 30.8 Å². The number of aliphatic hydroxyl groups is 1. The second kappa shape index (κ2) is 8.40. The molecule has 8 nitrogen and oxygen atoms in total. The number of anilines is 2. The van der Waals surface area contributed by atoms with Crippen molar-refractivity contribution in [2.75, 3.05) is 10.6 Å². The zero-order chi connectivity index (χ0) is 20.2. The summed E-state index contributed by atoms with van der Waals surface area (Å²) in [6.07, 6.45) is 9.12. The maximum absolute atomic E-state index is 11.9. The summed E-state index contributed by atoms with van der Waals surface area (Å²) in [6, 6.07) is 9.44. The van der Waals surface area contributed by atoms with Crippen LogP contribution in [0.4, 0.5) is 11.8 Å². The van der Waals surface area contributed by atoms with E-state index in [1.54, 1.807) is 42.3 Å². The van der Waals surface area contributed by atoms with Gasteiger partial charge in [-0.25, -0.2) is 15.0 Å². The Hall–Kier alpha value is -3.26. The minimum Gasteiger partial charge on any atom is -0.389 e. The van der Waals surface area contributed by atoms with Crippen molar-refractivity contribution < 1.29 is 5.11 Å². The van der Waals surface area contributed by atoms with Crippen LogP contribution in [0.15, 0.2) is 59.9 Å². The number of pyridine rings is 2. The van der Waals surface area contributed by atoms with Crippen LogP contribution in [0, 0.1) is 0 Å². The van der Waals surface area contributed by atoms with E-state index in [0.29, 0.717) is 17.6 Å². The van der Waals surface area contributed by atoms with E-state index in [-0.39, 0.29) is 11.6 Å². The molecule has 3 heterocycles. The highest BCUT2D eigenvalue weighted by Crippen LogP contribution is 2.25. The fraction of sp³-hybridized carbons (Fsp3) is 0.333. The molecule has 3 aromatic heterocycles. The van der Waals surface area contributed by atoms with Gasteiger partial charge in [0.2, 0.25) is 5.95 Å². The van der Waals surface area contributed by atoms with Crippen LogP contribution in [0.2, 0.25) is 0 Å². The lowest BCUT2D eigenvalue weighted by molar-refractivity contribution is 0.198. The van der Waals surface area contributed by atoms with Crippen LogP contribution in [0.3, 0.4) is 0 Å². The lowest BCUT2D eigenvalue weighted by Gasteiger charge is -2.15. The number of nitrogens with one attached hydrogen (secondary N) is 2. The monoisotopic (exact) mass is 392 g/mol. The molecule has 1 saturated carbocycles. The molecule has 3 atom stereocenters. The average molecular weight is 392 g/mol. The molecule has 0 amide bonds. The van der Waals surface area contributed by atoms with E-state index < -0.39 is 6.10 Å². The highest BCUT2D eigenvalue weighted by Gasteiger charge is 2.25. The molecule has 8 heteroatoms. The van der Waals surface area contributed by atoms with Crippen molar-refractivity contribution in [3.8, 4) is 5.69 Å². The number of aliphatic hydroxyl groups excluding tert-OH is 1. The Morgan fingerprint density at radius 1 is 1.03 bits per heavy atom. The molecule has 0 radical (unpaired) electrons. The molecule has 0 bridgehead atoms. The fourth-order valence-corrected chi connectivity index (χ4v) is 3.52. The fourth-order valence-electron chi connectivity index (χ4n) is 3.52. The van der Waals surface area contributed by atoms with Crippen molar-refractivity contribution in [3.63, 3.8) is 0 Å². The first-order valence-electron chi connectivity index (χ1n) is 9.75. The van der Waals surface area contributed by atoms with Crippen LogP contribution < -0.4 is 16.2 Å². The molecule has 0 aromatic carbocycles. The summed E-state index contributed by atoms with van der Waals surface area (Å²) in [4.78, 5) is 24.9. The van der Waals surface area contributed by atoms with Crippen molar-refractivity contribution in [2.24, 2.45) is 0 Å². The quantitative estimate of drug-likeness (QED) is 0.592. The highest BCUT2D eigenvalue weighted by molar-refractivity contribution is 5.42. The Labute approximate surface area is 168 Å². The predicted molar refractivity (Wildman–Crippen MR) is 111 cm³/mol. The van der Waals surface area contributed by atoms with Gasteiger partial charge in [0, 0.05) is 42.3 Å². The minimum absolute atomic E-state index is 0.0802. The second-order valence-electron chi connectivity index (χ2n) is 7.32. The molecule has 0 saturated heterocycles. The molecular formula is C21H24N6O2. The van der Waals surface area contributed by atoms with Gasteiger partial charge in [0.25, 0.3) is 5.56 Å². The summed E-state index contributed by atoms with van der Waals surface area (Å²) in [6.45, 7) is 1.69. The Morgan fingerprint density at radius 2 is 1.79 bits per heavy atom. The standard InChI is InChI=1S/C21H24N6O2/c1-14(28)15-11-23-21(24-12-15)26-17-6-5-16(10-17)25-19-8-7-18(13-22-19)27-9-3-2-4-20(27)29/h2-4,7-9,11-14,16-17,28H,5-6,10H2,1H3,(H,22,25)(H,23,24,26)/t14?,16-,17-/m0/s1. The Morgan fingerprint density at radius 3 is 2.45 bits per heavy atom. The molecule has 0 aliphatic heterocycles. The van der Waals surface area contributed by atoms with Gasteiger partial charge in [0.05, 0.1) is 18.0 Å². The molecule has 1 aliphatic carbocycles. The molecule has 150 valence electrons. The summed E-state index contributed by atoms with van der Waals surface area (Å²) in [5.74, 6) is 1.37. The van der Waals surface area contributed by atoms with Crippen LogP contribution in [0.5, 0.6) is 0 Å². The largest absolute Gasteiger partial charge is 0.389 e. The van der Waals surface area contributed by atoms with E-state index in [1.807, 2.05) is 18.2 Å². The predicted octanol–water partition coefficient (Wildman–Crippen LogP) is 2.52. The zero-order valence-electron chi connectivity index (χ0n) is 16.2. The zero-order valence-corrected chi connectivity index (χ0v) is 16.2. The smallest absolute Gasteiger partial charge is 0.255 e. The van der Waals surface area contributed by atoms with E-state index in [2.05, 4.69) is 25.6 Å². The average Bonchev–Trinajstić information content (AvgIpc) is 3.16. The summed E-state index contributed by atoms with van der Waals surface area (Å²) >= 11 is 0. The van der Waals surface area contributed by atoms with Crippen molar-refractivity contribution in [2.45, 2.75) is 44.4 Å². The third kappa shape index (κ3) is 4.60. The molecule has 3 N–H and O–H groups in total. The first-order valence-corrected chi connectivity index (χ1v) is 9.75. The number of nitrogens with zero attached hydrogens (tertiary/aromatic N) is 4. The number of hydrogen-bond acceptors (Lipinski definition) is 7. The Balaban J connectivity index is 1.33. The normalized spacial score (nSPS) is 19.7. The Kier molecular flexibility index (Phi) is 5.53. The van der Waals surface area contributed by atoms with Crippen LogP contribution in [0.25, 0.3) is 5.69 Å². The lowest BCUT2D eigenvalue weighted by atomic mass is 10.2. The van der Waals surface area contributed by atoms with Gasteiger partial charge >= 0.3 is 0 Å². The summed E-state index contributed by atoms with van der Waals surface area (Å²) in [5.41, 5.74) is 1.36. The van der Waals surface area contributed by atoms with Gasteiger partial charge in [-0.3, -0.25) is 9.36 Å². The van der Waals surface area contributed by atoms with Gasteiger partial charge < -0.3 is 15.7 Å². The SMILES string of the molecule is CC(O)c1cnc(N[C@H]2CC[C@H](Nc3ccc(-n4ccccc4=O)cn3)C2)nc1. The van der Waals surface area contributed by atoms with Crippen LogP contribution >= 0.6 is 0 Å². The molecule has 0 spiro atoms. The Bertz CT molecular complexity index is 1000. The van der Waals surface area contributed by atoms with Crippen LogP contribution in [-0.4, -0.2) is 36.7 Å². The van der Waals surface area contributed by atoms with Gasteiger partial charge in [0.15, 0.2) is 0 Å². The van der Waals surface area contributed by atoms with Crippen molar-refractivity contribution in [3.05, 3.63) is 71.0 Å². The first kappa shape index (κ1) is 19.1. The molecule has 1 aliphatic rings. The first-order chi connectivity index (χ1) is 14.1. The summed E-state index contributed by atoms with van der Waals surface area (Å²) in [7, 11) is 0. The second-order valence-corrected chi connectivity index (χ2v) is 7.32. The minimum atomic E-state index is -0.566. The van der Waals surface area contributed by atoms with Gasteiger partial charge in [0.1, 0.15) is 5.82 Å². The third-order valence-electron chi connectivity index (χ3n) is 5.12. The number of hydrogen-bond donors (Lipinski definition) is 3. The molecule has 3 aromatic rings.